The van der Waals surface area contributed by atoms with Crippen molar-refractivity contribution in [2.45, 2.75) is 46.2 Å². The molecule has 2 aromatic rings. The molecule has 1 aliphatic heterocycles. The molecule has 0 saturated carbocycles. The molecule has 6 nitrogen and oxygen atoms in total. The Bertz CT molecular complexity index is 734. The van der Waals surface area contributed by atoms with E-state index in [2.05, 4.69) is 10.1 Å². The fraction of sp³-hybridized carbons (Fsp3) is 0.643. The Hall–Kier alpha value is -1.63. The fourth-order valence-electron chi connectivity index (χ4n) is 3.12. The van der Waals surface area contributed by atoms with Crippen molar-refractivity contribution in [3.05, 3.63) is 10.5 Å². The van der Waals surface area contributed by atoms with Crippen molar-refractivity contribution >= 4 is 29.3 Å². The number of aryl methyl sites for hydroxylation is 2. The van der Waals surface area contributed by atoms with Gasteiger partial charge in [0, 0.05) is 19.6 Å². The molecule has 7 heteroatoms. The number of aromatic amines is 1. The van der Waals surface area contributed by atoms with Gasteiger partial charge in [0.2, 0.25) is 5.91 Å². The maximum Gasteiger partial charge on any atom is 0.245 e. The van der Waals surface area contributed by atoms with Gasteiger partial charge in [-0.05, 0) is 45.8 Å². The second-order valence-electron chi connectivity index (χ2n) is 5.61. The topological polar surface area (TPSA) is 58.9 Å². The number of amides is 1. The largest absolute Gasteiger partial charge is 0.341 e. The number of imidazole rings is 1. The number of carbonyl (C=O) groups excluding carboxylic acids is 1. The van der Waals surface area contributed by atoms with Crippen LogP contribution in [0.5, 0.6) is 0 Å². The van der Waals surface area contributed by atoms with Crippen LogP contribution >= 0.6 is 12.2 Å². The molecule has 3 rings (SSSR count). The smallest absolute Gasteiger partial charge is 0.245 e. The summed E-state index contributed by atoms with van der Waals surface area (Å²) in [5.74, 6) is 0.144. The Morgan fingerprint density at radius 1 is 1.43 bits per heavy atom. The molecule has 114 valence electrons. The average molecular weight is 307 g/mol. The summed E-state index contributed by atoms with van der Waals surface area (Å²) in [7, 11) is 0. The molecule has 21 heavy (non-hydrogen) atoms. The lowest BCUT2D eigenvalue weighted by Gasteiger charge is -2.21. The molecule has 0 aromatic carbocycles. The number of likely N-dealkylation sites (tertiary alicyclic amines) is 1. The van der Waals surface area contributed by atoms with Crippen LogP contribution in [0.3, 0.4) is 0 Å². The monoisotopic (exact) mass is 307 g/mol. The zero-order valence-electron chi connectivity index (χ0n) is 12.7. The first-order chi connectivity index (χ1) is 10.0. The van der Waals surface area contributed by atoms with Gasteiger partial charge in [-0.1, -0.05) is 0 Å². The third-order valence-electron chi connectivity index (χ3n) is 4.24. The van der Waals surface area contributed by atoms with E-state index in [1.807, 2.05) is 34.9 Å². The van der Waals surface area contributed by atoms with Gasteiger partial charge >= 0.3 is 0 Å². The van der Waals surface area contributed by atoms with Crippen LogP contribution < -0.4 is 0 Å². The van der Waals surface area contributed by atoms with Crippen molar-refractivity contribution < 1.29 is 4.79 Å². The summed E-state index contributed by atoms with van der Waals surface area (Å²) in [5.41, 5.74) is 2.76. The van der Waals surface area contributed by atoms with Gasteiger partial charge in [-0.15, -0.1) is 0 Å². The molecule has 1 fully saturated rings. The highest BCUT2D eigenvalue weighted by Crippen LogP contribution is 2.24. The van der Waals surface area contributed by atoms with E-state index in [1.165, 1.54) is 0 Å². The number of H-pyrrole nitrogens is 1. The van der Waals surface area contributed by atoms with E-state index in [4.69, 9.17) is 12.2 Å². The van der Waals surface area contributed by atoms with E-state index in [-0.39, 0.29) is 11.9 Å². The van der Waals surface area contributed by atoms with Gasteiger partial charge in [0.25, 0.3) is 0 Å². The Balaban J connectivity index is 2.08. The molecule has 1 N–H and O–H groups in total. The lowest BCUT2D eigenvalue weighted by molar-refractivity contribution is -0.133. The number of aromatic nitrogens is 4. The summed E-state index contributed by atoms with van der Waals surface area (Å²) in [6, 6.07) is -0.300. The number of carbonyl (C=O) groups is 1. The summed E-state index contributed by atoms with van der Waals surface area (Å²) >= 11 is 5.44. The highest BCUT2D eigenvalue weighted by Gasteiger charge is 2.27. The summed E-state index contributed by atoms with van der Waals surface area (Å²) in [6.45, 7) is 8.39. The van der Waals surface area contributed by atoms with Gasteiger partial charge in [0.1, 0.15) is 11.6 Å². The first-order valence-corrected chi connectivity index (χ1v) is 7.91. The van der Waals surface area contributed by atoms with Gasteiger partial charge < -0.3 is 9.88 Å². The van der Waals surface area contributed by atoms with Crippen LogP contribution in [-0.4, -0.2) is 43.2 Å². The Morgan fingerprint density at radius 2 is 2.10 bits per heavy atom. The van der Waals surface area contributed by atoms with Crippen molar-refractivity contribution in [2.75, 3.05) is 13.1 Å². The SMILES string of the molecule is CCn1nc(C)c2[nH]c(=S)n(C(C)C(=O)N3CCCC3)c21. The maximum absolute atomic E-state index is 12.7. The summed E-state index contributed by atoms with van der Waals surface area (Å²) in [6.07, 6.45) is 2.19. The zero-order valence-corrected chi connectivity index (χ0v) is 13.5. The van der Waals surface area contributed by atoms with Gasteiger partial charge in [-0.3, -0.25) is 9.36 Å². The van der Waals surface area contributed by atoms with Crippen LogP contribution in [0.1, 0.15) is 38.4 Å². The minimum atomic E-state index is -0.300. The standard InChI is InChI=1S/C14H21N5OS/c1-4-18-12-11(9(2)16-18)15-14(21)19(12)10(3)13(20)17-7-5-6-8-17/h10H,4-8H2,1-3H3,(H,15,21). The molecule has 2 aromatic heterocycles. The predicted octanol–water partition coefficient (Wildman–Crippen LogP) is 2.41. The average Bonchev–Trinajstić information content (AvgIpc) is 3.15. The molecule has 0 bridgehead atoms. The van der Waals surface area contributed by atoms with Gasteiger partial charge in [0.15, 0.2) is 10.4 Å². The first kappa shape index (κ1) is 14.3. The molecule has 0 aliphatic carbocycles. The molecule has 1 unspecified atom stereocenters. The summed E-state index contributed by atoms with van der Waals surface area (Å²) in [4.78, 5) is 17.8. The highest BCUT2D eigenvalue weighted by molar-refractivity contribution is 7.71. The van der Waals surface area contributed by atoms with Crippen LogP contribution in [0.25, 0.3) is 11.2 Å². The summed E-state index contributed by atoms with van der Waals surface area (Å²) < 4.78 is 4.41. The third kappa shape index (κ3) is 2.19. The molecule has 3 heterocycles. The molecule has 1 saturated heterocycles. The van der Waals surface area contributed by atoms with E-state index in [9.17, 15) is 4.79 Å². The predicted molar refractivity (Wildman–Crippen MR) is 83.8 cm³/mol. The Kier molecular flexibility index (Phi) is 3.61. The van der Waals surface area contributed by atoms with Crippen LogP contribution in [0.4, 0.5) is 0 Å². The Morgan fingerprint density at radius 3 is 2.71 bits per heavy atom. The zero-order chi connectivity index (χ0) is 15.1. The van der Waals surface area contributed by atoms with E-state index >= 15 is 0 Å². The third-order valence-corrected chi connectivity index (χ3v) is 4.54. The van der Waals surface area contributed by atoms with E-state index < -0.39 is 0 Å². The number of nitrogens with zero attached hydrogens (tertiary/aromatic N) is 4. The molecule has 0 radical (unpaired) electrons. The van der Waals surface area contributed by atoms with Crippen molar-refractivity contribution in [1.82, 2.24) is 24.2 Å². The minimum Gasteiger partial charge on any atom is -0.341 e. The van der Waals surface area contributed by atoms with Crippen molar-refractivity contribution in [1.29, 1.82) is 0 Å². The first-order valence-electron chi connectivity index (χ1n) is 7.51. The van der Waals surface area contributed by atoms with E-state index in [0.29, 0.717) is 4.77 Å². The Labute approximate surface area is 128 Å². The van der Waals surface area contributed by atoms with Gasteiger partial charge in [-0.25, -0.2) is 4.68 Å². The highest BCUT2D eigenvalue weighted by atomic mass is 32.1. The van der Waals surface area contributed by atoms with E-state index in [0.717, 1.165) is 49.3 Å². The molecule has 1 aliphatic rings. The van der Waals surface area contributed by atoms with Gasteiger partial charge in [0.05, 0.1) is 5.69 Å². The molecular weight excluding hydrogens is 286 g/mol. The lowest BCUT2D eigenvalue weighted by atomic mass is 10.3. The number of hydrogen-bond acceptors (Lipinski definition) is 3. The fourth-order valence-corrected chi connectivity index (χ4v) is 3.46. The molecule has 0 spiro atoms. The van der Waals surface area contributed by atoms with Crippen molar-refractivity contribution in [3.63, 3.8) is 0 Å². The van der Waals surface area contributed by atoms with Crippen molar-refractivity contribution in [2.24, 2.45) is 0 Å². The van der Waals surface area contributed by atoms with Crippen LogP contribution in [0.15, 0.2) is 0 Å². The quantitative estimate of drug-likeness (QED) is 0.886. The minimum absolute atomic E-state index is 0.144. The second kappa shape index (κ2) is 5.29. The van der Waals surface area contributed by atoms with Crippen LogP contribution in [-0.2, 0) is 11.3 Å². The number of fused-ring (bicyclic) bond motifs is 1. The maximum atomic E-state index is 12.7. The molecule has 1 atom stereocenters. The van der Waals surface area contributed by atoms with Crippen LogP contribution in [0, 0.1) is 11.7 Å². The van der Waals surface area contributed by atoms with Crippen LogP contribution in [0.2, 0.25) is 0 Å². The normalized spacial score (nSPS) is 16.8. The number of hydrogen-bond donors (Lipinski definition) is 1. The second-order valence-corrected chi connectivity index (χ2v) is 5.99. The number of rotatable bonds is 3. The summed E-state index contributed by atoms with van der Waals surface area (Å²) in [5, 5.41) is 4.50. The van der Waals surface area contributed by atoms with Gasteiger partial charge in [-0.2, -0.15) is 5.10 Å². The molecule has 1 amide bonds. The molecular formula is C14H21N5OS. The lowest BCUT2D eigenvalue weighted by Crippen LogP contribution is -2.34. The van der Waals surface area contributed by atoms with Crippen molar-refractivity contribution in [3.8, 4) is 0 Å². The number of nitrogens with one attached hydrogen (secondary N) is 1. The van der Waals surface area contributed by atoms with E-state index in [1.54, 1.807) is 0 Å².